The van der Waals surface area contributed by atoms with Crippen molar-refractivity contribution < 1.29 is 9.53 Å². The second kappa shape index (κ2) is 5.33. The number of nitrogens with zero attached hydrogens (tertiary/aromatic N) is 1. The zero-order valence-electron chi connectivity index (χ0n) is 15.6. The largest absolute Gasteiger partial charge is 0.354 e. The minimum atomic E-state index is -0.0890. The molecule has 5 rings (SSSR count). The summed E-state index contributed by atoms with van der Waals surface area (Å²) in [7, 11) is 0. The van der Waals surface area contributed by atoms with Crippen LogP contribution in [0.3, 0.4) is 0 Å². The molecule has 134 valence electrons. The van der Waals surface area contributed by atoms with Gasteiger partial charge >= 0.3 is 0 Å². The lowest BCUT2D eigenvalue weighted by atomic mass is 9.69. The van der Waals surface area contributed by atoms with Crippen molar-refractivity contribution in [2.75, 3.05) is 0 Å². The molecule has 0 aromatic heterocycles. The number of ether oxygens (including phenoxy) is 1. The first-order valence-electron chi connectivity index (χ1n) is 10.0. The molecule has 25 heavy (non-hydrogen) atoms. The molecule has 4 aliphatic rings. The van der Waals surface area contributed by atoms with Gasteiger partial charge in [0.1, 0.15) is 6.23 Å². The first-order valence-corrected chi connectivity index (χ1v) is 10.0. The van der Waals surface area contributed by atoms with Crippen LogP contribution in [0.4, 0.5) is 0 Å². The quantitative estimate of drug-likeness (QED) is 0.719. The van der Waals surface area contributed by atoms with Gasteiger partial charge in [0.2, 0.25) is 5.91 Å². The Morgan fingerprint density at radius 2 is 1.84 bits per heavy atom. The minimum absolute atomic E-state index is 0.0209. The zero-order chi connectivity index (χ0) is 17.3. The third-order valence-electron chi connectivity index (χ3n) is 7.60. The third kappa shape index (κ3) is 2.17. The van der Waals surface area contributed by atoms with E-state index in [1.807, 2.05) is 0 Å². The maximum absolute atomic E-state index is 13.4. The fourth-order valence-corrected chi connectivity index (χ4v) is 6.22. The number of amides is 1. The summed E-state index contributed by atoms with van der Waals surface area (Å²) < 4.78 is 6.68. The summed E-state index contributed by atoms with van der Waals surface area (Å²) in [6, 6.07) is 8.66. The maximum atomic E-state index is 13.4. The van der Waals surface area contributed by atoms with Crippen LogP contribution < -0.4 is 0 Å². The molecule has 0 bridgehead atoms. The Kier molecular flexibility index (Phi) is 3.38. The lowest BCUT2D eigenvalue weighted by Crippen LogP contribution is -2.64. The van der Waals surface area contributed by atoms with E-state index in [-0.39, 0.29) is 17.7 Å². The molecule has 1 aromatic rings. The molecule has 1 saturated carbocycles. The summed E-state index contributed by atoms with van der Waals surface area (Å²) in [6.07, 6.45) is 5.77. The molecule has 3 nitrogen and oxygen atoms in total. The predicted molar refractivity (Wildman–Crippen MR) is 96.9 cm³/mol. The van der Waals surface area contributed by atoms with E-state index in [2.05, 4.69) is 49.9 Å². The van der Waals surface area contributed by atoms with Gasteiger partial charge in [-0.25, -0.2) is 0 Å². The van der Waals surface area contributed by atoms with E-state index < -0.39 is 0 Å². The average molecular weight is 339 g/mol. The highest BCUT2D eigenvalue weighted by atomic mass is 16.5. The van der Waals surface area contributed by atoms with Crippen LogP contribution in [-0.4, -0.2) is 28.7 Å². The fourth-order valence-electron chi connectivity index (χ4n) is 6.22. The van der Waals surface area contributed by atoms with Crippen molar-refractivity contribution in [2.24, 2.45) is 23.7 Å². The summed E-state index contributed by atoms with van der Waals surface area (Å²) in [6.45, 7) is 6.93. The number of carbonyl (C=O) groups excluding carboxylic acids is 1. The van der Waals surface area contributed by atoms with Crippen LogP contribution in [-0.2, 0) is 22.4 Å². The summed E-state index contributed by atoms with van der Waals surface area (Å²) in [4.78, 5) is 15.5. The molecular formula is C22H29NO2. The van der Waals surface area contributed by atoms with Crippen LogP contribution >= 0.6 is 0 Å². The van der Waals surface area contributed by atoms with E-state index in [1.54, 1.807) is 0 Å². The number of carbonyl (C=O) groups is 1. The van der Waals surface area contributed by atoms with Gasteiger partial charge in [0.05, 0.1) is 6.10 Å². The molecule has 1 aromatic carbocycles. The van der Waals surface area contributed by atoms with Gasteiger partial charge in [-0.15, -0.1) is 0 Å². The van der Waals surface area contributed by atoms with E-state index in [1.165, 1.54) is 24.0 Å². The summed E-state index contributed by atoms with van der Waals surface area (Å²) in [5, 5.41) is 0. The highest BCUT2D eigenvalue weighted by Gasteiger charge is 2.61. The normalized spacial score (nSPS) is 41.6. The average Bonchev–Trinajstić information content (AvgIpc) is 2.85. The SMILES string of the molecule is C[C@@H]1CC[C@@H]2[C@@H](C1)O[C@H]1[C@@H]3Cc4ccccc4C[C@H]3C(=O)N1C2(C)C. The summed E-state index contributed by atoms with van der Waals surface area (Å²) in [5.41, 5.74) is 2.69. The van der Waals surface area contributed by atoms with Gasteiger partial charge in [0, 0.05) is 23.3 Å². The van der Waals surface area contributed by atoms with Crippen LogP contribution in [0.5, 0.6) is 0 Å². The Hall–Kier alpha value is -1.35. The topological polar surface area (TPSA) is 29.5 Å². The number of fused-ring (bicyclic) bond motifs is 5. The molecule has 2 heterocycles. The second-order valence-corrected chi connectivity index (χ2v) is 9.40. The zero-order valence-corrected chi connectivity index (χ0v) is 15.6. The second-order valence-electron chi connectivity index (χ2n) is 9.40. The van der Waals surface area contributed by atoms with E-state index in [9.17, 15) is 4.79 Å². The molecule has 1 amide bonds. The predicted octanol–water partition coefficient (Wildman–Crippen LogP) is 3.80. The highest BCUT2D eigenvalue weighted by molar-refractivity contribution is 5.83. The molecule has 3 fully saturated rings. The van der Waals surface area contributed by atoms with Crippen molar-refractivity contribution in [1.82, 2.24) is 4.90 Å². The van der Waals surface area contributed by atoms with E-state index in [0.717, 1.165) is 25.2 Å². The van der Waals surface area contributed by atoms with Gasteiger partial charge in [0.15, 0.2) is 0 Å². The van der Waals surface area contributed by atoms with Crippen molar-refractivity contribution in [1.29, 1.82) is 0 Å². The van der Waals surface area contributed by atoms with Crippen molar-refractivity contribution in [3.8, 4) is 0 Å². The Balaban J connectivity index is 1.52. The Labute approximate surface area is 150 Å². The standard InChI is InChI=1S/C22H29NO2/c1-13-8-9-18-19(10-13)25-21-17-12-15-7-5-4-6-14(15)11-16(17)20(24)23(21)22(18,2)3/h4-7,13,16-19,21H,8-12H2,1-3H3/t13-,16-,17-,18-,19-,21+/m1/s1. The van der Waals surface area contributed by atoms with Crippen molar-refractivity contribution in [2.45, 2.75) is 70.7 Å². The van der Waals surface area contributed by atoms with Gasteiger partial charge in [-0.1, -0.05) is 37.6 Å². The van der Waals surface area contributed by atoms with Crippen LogP contribution in [0.25, 0.3) is 0 Å². The summed E-state index contributed by atoms with van der Waals surface area (Å²) in [5.74, 6) is 1.98. The number of hydrogen-bond donors (Lipinski definition) is 0. The molecule has 6 atom stereocenters. The van der Waals surface area contributed by atoms with Gasteiger partial charge < -0.3 is 9.64 Å². The van der Waals surface area contributed by atoms with Crippen LogP contribution in [0.15, 0.2) is 24.3 Å². The fraction of sp³-hybridized carbons (Fsp3) is 0.682. The first kappa shape index (κ1) is 15.9. The Bertz CT molecular complexity index is 712. The van der Waals surface area contributed by atoms with Gasteiger partial charge in [-0.2, -0.15) is 0 Å². The third-order valence-corrected chi connectivity index (χ3v) is 7.60. The highest BCUT2D eigenvalue weighted by Crippen LogP contribution is 2.52. The van der Waals surface area contributed by atoms with Gasteiger partial charge in [-0.3, -0.25) is 4.79 Å². The van der Waals surface area contributed by atoms with E-state index >= 15 is 0 Å². The van der Waals surface area contributed by atoms with Crippen LogP contribution in [0.1, 0.15) is 51.2 Å². The molecule has 0 radical (unpaired) electrons. The van der Waals surface area contributed by atoms with E-state index in [4.69, 9.17) is 4.74 Å². The molecular weight excluding hydrogens is 310 g/mol. The Morgan fingerprint density at radius 3 is 2.60 bits per heavy atom. The molecule has 2 aliphatic carbocycles. The number of benzene rings is 1. The number of hydrogen-bond acceptors (Lipinski definition) is 2. The molecule has 0 N–H and O–H groups in total. The maximum Gasteiger partial charge on any atom is 0.228 e. The van der Waals surface area contributed by atoms with Crippen molar-refractivity contribution in [3.05, 3.63) is 35.4 Å². The lowest BCUT2D eigenvalue weighted by molar-refractivity contribution is -0.227. The van der Waals surface area contributed by atoms with E-state index in [0.29, 0.717) is 23.8 Å². The first-order chi connectivity index (χ1) is 12.0. The number of rotatable bonds is 0. The van der Waals surface area contributed by atoms with Gasteiger partial charge in [0.25, 0.3) is 0 Å². The van der Waals surface area contributed by atoms with Crippen molar-refractivity contribution in [3.63, 3.8) is 0 Å². The molecule has 2 saturated heterocycles. The summed E-state index contributed by atoms with van der Waals surface area (Å²) >= 11 is 0. The minimum Gasteiger partial charge on any atom is -0.354 e. The van der Waals surface area contributed by atoms with Crippen LogP contribution in [0.2, 0.25) is 0 Å². The van der Waals surface area contributed by atoms with Crippen LogP contribution in [0, 0.1) is 23.7 Å². The van der Waals surface area contributed by atoms with Gasteiger partial charge in [-0.05, 0) is 56.6 Å². The molecule has 3 heteroatoms. The molecule has 0 spiro atoms. The molecule has 0 unspecified atom stereocenters. The van der Waals surface area contributed by atoms with Crippen molar-refractivity contribution >= 4 is 5.91 Å². The molecule has 2 aliphatic heterocycles. The monoisotopic (exact) mass is 339 g/mol. The Morgan fingerprint density at radius 1 is 1.12 bits per heavy atom. The smallest absolute Gasteiger partial charge is 0.228 e. The lowest BCUT2D eigenvalue weighted by Gasteiger charge is -2.56.